The van der Waals surface area contributed by atoms with Crippen molar-refractivity contribution in [3.63, 3.8) is 0 Å². The Morgan fingerprint density at radius 3 is 1.66 bits per heavy atom. The molecule has 0 aliphatic rings. The highest BCUT2D eigenvalue weighted by molar-refractivity contribution is 5.93. The third-order valence-electron chi connectivity index (χ3n) is 7.60. The molecule has 7 nitrogen and oxygen atoms in total. The van der Waals surface area contributed by atoms with E-state index in [9.17, 15) is 0 Å². The summed E-state index contributed by atoms with van der Waals surface area (Å²) in [6.45, 7) is 0. The molecule has 0 fully saturated rings. The second-order valence-corrected chi connectivity index (χ2v) is 10.1. The lowest BCUT2D eigenvalue weighted by molar-refractivity contribution is 0.946. The van der Waals surface area contributed by atoms with Gasteiger partial charge in [0.25, 0.3) is 0 Å². The van der Waals surface area contributed by atoms with Gasteiger partial charge in [0.1, 0.15) is 12.7 Å². The lowest BCUT2D eigenvalue weighted by Gasteiger charge is -2.26. The van der Waals surface area contributed by atoms with Crippen molar-refractivity contribution in [2.24, 2.45) is 7.05 Å². The van der Waals surface area contributed by atoms with Gasteiger partial charge in [0, 0.05) is 35.5 Å². The zero-order valence-corrected chi connectivity index (χ0v) is 22.3. The minimum Gasteiger partial charge on any atom is -0.334 e. The molecular weight excluding hydrogens is 506 g/mol. The fourth-order valence-corrected chi connectivity index (χ4v) is 5.57. The van der Waals surface area contributed by atoms with E-state index in [0.717, 1.165) is 61.5 Å². The normalized spacial score (nSPS) is 11.5. The molecule has 196 valence electrons. The number of anilines is 3. The Morgan fingerprint density at radius 2 is 1.02 bits per heavy atom. The van der Waals surface area contributed by atoms with Crippen LogP contribution >= 0.6 is 0 Å². The van der Waals surface area contributed by atoms with Crippen molar-refractivity contribution in [3.8, 4) is 11.4 Å². The van der Waals surface area contributed by atoms with Crippen molar-refractivity contribution in [2.45, 2.75) is 0 Å². The molecular formula is C34H25N7. The Hall–Kier alpha value is -5.69. The molecule has 3 aromatic heterocycles. The van der Waals surface area contributed by atoms with Crippen LogP contribution in [0.3, 0.4) is 0 Å². The average molecular weight is 532 g/mol. The quantitative estimate of drug-likeness (QED) is 0.228. The SMILES string of the molecule is Cn1cnc2ccc(-n3cnc4cc5c(cc43)ncn5-c3cccc(N(c4ccccc4)c4ccccc4)c3)cc21. The van der Waals surface area contributed by atoms with Gasteiger partial charge in [-0.15, -0.1) is 0 Å². The molecule has 0 saturated heterocycles. The van der Waals surface area contributed by atoms with Gasteiger partial charge in [-0.1, -0.05) is 42.5 Å². The zero-order chi connectivity index (χ0) is 27.3. The van der Waals surface area contributed by atoms with E-state index in [4.69, 9.17) is 9.97 Å². The van der Waals surface area contributed by atoms with E-state index < -0.39 is 0 Å². The van der Waals surface area contributed by atoms with E-state index in [1.54, 1.807) is 0 Å². The largest absolute Gasteiger partial charge is 0.334 e. The third-order valence-corrected chi connectivity index (χ3v) is 7.60. The average Bonchev–Trinajstić information content (AvgIpc) is 3.74. The fraction of sp³-hybridized carbons (Fsp3) is 0.0294. The molecule has 0 aliphatic carbocycles. The van der Waals surface area contributed by atoms with Gasteiger partial charge >= 0.3 is 0 Å². The molecule has 0 atom stereocenters. The molecule has 7 heteroatoms. The molecule has 0 aliphatic heterocycles. The topological polar surface area (TPSA) is 56.7 Å². The summed E-state index contributed by atoms with van der Waals surface area (Å²) < 4.78 is 6.27. The maximum absolute atomic E-state index is 4.80. The molecule has 8 aromatic rings. The van der Waals surface area contributed by atoms with Gasteiger partial charge in [-0.2, -0.15) is 0 Å². The van der Waals surface area contributed by atoms with Crippen LogP contribution < -0.4 is 4.90 Å². The van der Waals surface area contributed by atoms with Crippen LogP contribution in [0.2, 0.25) is 0 Å². The number of benzene rings is 5. The van der Waals surface area contributed by atoms with Crippen LogP contribution in [0.1, 0.15) is 0 Å². The van der Waals surface area contributed by atoms with Gasteiger partial charge in [0.2, 0.25) is 0 Å². The van der Waals surface area contributed by atoms with E-state index in [1.807, 2.05) is 48.8 Å². The minimum absolute atomic E-state index is 0.911. The Labute approximate surface area is 236 Å². The highest BCUT2D eigenvalue weighted by Gasteiger charge is 2.15. The highest BCUT2D eigenvalue weighted by Crippen LogP contribution is 2.35. The number of para-hydroxylation sites is 2. The van der Waals surface area contributed by atoms with Gasteiger partial charge in [-0.25, -0.2) is 15.0 Å². The molecule has 0 unspecified atom stereocenters. The van der Waals surface area contributed by atoms with Crippen LogP contribution in [-0.2, 0) is 7.05 Å². The van der Waals surface area contributed by atoms with E-state index in [1.165, 1.54) is 0 Å². The van der Waals surface area contributed by atoms with E-state index in [0.29, 0.717) is 0 Å². The van der Waals surface area contributed by atoms with Gasteiger partial charge in [-0.3, -0.25) is 9.13 Å². The maximum Gasteiger partial charge on any atom is 0.100 e. The number of hydrogen-bond acceptors (Lipinski definition) is 4. The predicted molar refractivity (Wildman–Crippen MR) is 165 cm³/mol. The van der Waals surface area contributed by atoms with E-state index in [2.05, 4.69) is 116 Å². The first-order valence-corrected chi connectivity index (χ1v) is 13.5. The number of rotatable bonds is 5. The van der Waals surface area contributed by atoms with Crippen LogP contribution in [0.5, 0.6) is 0 Å². The molecule has 5 aromatic carbocycles. The Bertz CT molecular complexity index is 2130. The number of nitrogens with zero attached hydrogens (tertiary/aromatic N) is 7. The third kappa shape index (κ3) is 3.86. The molecule has 0 N–H and O–H groups in total. The van der Waals surface area contributed by atoms with E-state index >= 15 is 0 Å². The lowest BCUT2D eigenvalue weighted by Crippen LogP contribution is -2.10. The number of aryl methyl sites for hydroxylation is 1. The van der Waals surface area contributed by atoms with Crippen LogP contribution in [0.15, 0.2) is 134 Å². The number of hydrogen-bond donors (Lipinski definition) is 0. The second kappa shape index (κ2) is 9.20. The molecule has 41 heavy (non-hydrogen) atoms. The van der Waals surface area contributed by atoms with Crippen molar-refractivity contribution in [1.82, 2.24) is 28.7 Å². The summed E-state index contributed by atoms with van der Waals surface area (Å²) in [4.78, 5) is 16.3. The molecule has 0 bridgehead atoms. The van der Waals surface area contributed by atoms with Crippen LogP contribution in [-0.4, -0.2) is 28.7 Å². The Kier molecular flexibility index (Phi) is 5.21. The number of fused-ring (bicyclic) bond motifs is 3. The van der Waals surface area contributed by atoms with Crippen molar-refractivity contribution in [2.75, 3.05) is 4.90 Å². The first kappa shape index (κ1) is 23.2. The minimum atomic E-state index is 0.911. The van der Waals surface area contributed by atoms with Crippen LogP contribution in [0, 0.1) is 0 Å². The zero-order valence-electron chi connectivity index (χ0n) is 22.3. The van der Waals surface area contributed by atoms with Crippen LogP contribution in [0.4, 0.5) is 17.1 Å². The van der Waals surface area contributed by atoms with Crippen molar-refractivity contribution in [1.29, 1.82) is 0 Å². The summed E-state index contributed by atoms with van der Waals surface area (Å²) in [7, 11) is 2.01. The monoisotopic (exact) mass is 531 g/mol. The molecule has 3 heterocycles. The Morgan fingerprint density at radius 1 is 0.463 bits per heavy atom. The summed E-state index contributed by atoms with van der Waals surface area (Å²) in [6.07, 6.45) is 5.61. The van der Waals surface area contributed by atoms with Crippen molar-refractivity contribution in [3.05, 3.63) is 134 Å². The maximum atomic E-state index is 4.80. The van der Waals surface area contributed by atoms with Crippen LogP contribution in [0.25, 0.3) is 44.5 Å². The van der Waals surface area contributed by atoms with Gasteiger partial charge in [0.05, 0.1) is 39.4 Å². The van der Waals surface area contributed by atoms with E-state index in [-0.39, 0.29) is 0 Å². The first-order chi connectivity index (χ1) is 20.2. The standard InChI is InChI=1S/C34H25N7/c1-38-21-35-29-16-15-27(18-32(29)38)40-23-37-31-19-33-30(20-34(31)40)36-22-39(33)26-13-8-14-28(17-26)41(24-9-4-2-5-10-24)25-11-6-3-7-12-25/h2-23H,1H3. The summed E-state index contributed by atoms with van der Waals surface area (Å²) in [5, 5.41) is 0. The van der Waals surface area contributed by atoms with Gasteiger partial charge in [-0.05, 0) is 72.8 Å². The number of aromatic nitrogens is 6. The second-order valence-electron chi connectivity index (χ2n) is 10.1. The van der Waals surface area contributed by atoms with Gasteiger partial charge < -0.3 is 9.47 Å². The predicted octanol–water partition coefficient (Wildman–Crippen LogP) is 7.72. The lowest BCUT2D eigenvalue weighted by atomic mass is 10.1. The fourth-order valence-electron chi connectivity index (χ4n) is 5.57. The molecule has 0 spiro atoms. The highest BCUT2D eigenvalue weighted by atomic mass is 15.1. The summed E-state index contributed by atoms with van der Waals surface area (Å²) in [5.41, 5.74) is 11.2. The van der Waals surface area contributed by atoms with Crippen molar-refractivity contribution >= 4 is 50.2 Å². The summed E-state index contributed by atoms with van der Waals surface area (Å²) >= 11 is 0. The van der Waals surface area contributed by atoms with Crippen molar-refractivity contribution < 1.29 is 0 Å². The molecule has 0 radical (unpaired) electrons. The smallest absolute Gasteiger partial charge is 0.100 e. The molecule has 0 saturated carbocycles. The molecule has 8 rings (SSSR count). The summed E-state index contributed by atoms with van der Waals surface area (Å²) in [5.74, 6) is 0. The summed E-state index contributed by atoms with van der Waals surface area (Å²) in [6, 6.07) is 39.9. The van der Waals surface area contributed by atoms with Gasteiger partial charge in [0.15, 0.2) is 0 Å². The molecule has 0 amide bonds. The number of imidazole rings is 3. The first-order valence-electron chi connectivity index (χ1n) is 13.5. The Balaban J connectivity index is 1.23.